The van der Waals surface area contributed by atoms with Crippen LogP contribution in [0.1, 0.15) is 55.4 Å². The van der Waals surface area contributed by atoms with Crippen molar-refractivity contribution in [3.8, 4) is 0 Å². The molecule has 47 heavy (non-hydrogen) atoms. The van der Waals surface area contributed by atoms with Crippen LogP contribution in [0, 0.1) is 0 Å². The summed E-state index contributed by atoms with van der Waals surface area (Å²) < 4.78 is 60.1. The first kappa shape index (κ1) is 38.8. The lowest BCUT2D eigenvalue weighted by molar-refractivity contribution is -0.377. The fraction of sp³-hybridized carbons (Fsp3) is 0.714. The number of esters is 8. The van der Waals surface area contributed by atoms with E-state index in [0.717, 1.165) is 55.4 Å². The molecule has 2 fully saturated rings. The van der Waals surface area contributed by atoms with Gasteiger partial charge in [0.1, 0.15) is 25.4 Å². The fourth-order valence-corrected chi connectivity index (χ4v) is 4.73. The Kier molecular flexibility index (Phi) is 14.5. The van der Waals surface area contributed by atoms with Gasteiger partial charge in [-0.2, -0.15) is 0 Å². The first-order chi connectivity index (χ1) is 21.9. The highest BCUT2D eigenvalue weighted by atomic mass is 16.8. The molecule has 0 N–H and O–H groups in total. The van der Waals surface area contributed by atoms with Crippen LogP contribution in [0.2, 0.25) is 0 Å². The second-order valence-electron chi connectivity index (χ2n) is 10.3. The summed E-state index contributed by atoms with van der Waals surface area (Å²) in [6.07, 6.45) is -16.3. The average Bonchev–Trinajstić information content (AvgIpc) is 2.91. The van der Waals surface area contributed by atoms with Crippen LogP contribution in [0.25, 0.3) is 0 Å². The van der Waals surface area contributed by atoms with Gasteiger partial charge in [-0.05, 0) is 0 Å². The highest BCUT2D eigenvalue weighted by Crippen LogP contribution is 2.35. The van der Waals surface area contributed by atoms with Gasteiger partial charge in [0.05, 0.1) is 0 Å². The molecule has 0 aliphatic carbocycles. The lowest BCUT2D eigenvalue weighted by atomic mass is 9.96. The summed E-state index contributed by atoms with van der Waals surface area (Å²) in [5.41, 5.74) is 0. The maximum atomic E-state index is 12.2. The molecule has 4 unspecified atom stereocenters. The maximum Gasteiger partial charge on any atom is 0.303 e. The van der Waals surface area contributed by atoms with E-state index in [1.165, 1.54) is 0 Å². The number of hydrogen-bond donors (Lipinski definition) is 0. The smallest absolute Gasteiger partial charge is 0.303 e. The van der Waals surface area contributed by atoms with E-state index in [4.69, 9.17) is 52.1 Å². The summed E-state index contributed by atoms with van der Waals surface area (Å²) >= 11 is 0. The van der Waals surface area contributed by atoms with E-state index >= 15 is 0 Å². The van der Waals surface area contributed by atoms with Crippen molar-refractivity contribution in [3.05, 3.63) is 0 Å². The number of rotatable bonds is 12. The van der Waals surface area contributed by atoms with Gasteiger partial charge in [0, 0.05) is 55.4 Å². The van der Waals surface area contributed by atoms with Gasteiger partial charge in [-0.1, -0.05) is 0 Å². The summed E-state index contributed by atoms with van der Waals surface area (Å²) in [7, 11) is 0. The van der Waals surface area contributed by atoms with Gasteiger partial charge in [-0.25, -0.2) is 0 Å². The van der Waals surface area contributed by atoms with Gasteiger partial charge >= 0.3 is 47.8 Å². The summed E-state index contributed by atoms with van der Waals surface area (Å²) in [5.74, 6) is -6.98. The Morgan fingerprint density at radius 2 is 0.638 bits per heavy atom. The molecule has 0 bridgehead atoms. The molecule has 0 spiro atoms. The lowest BCUT2D eigenvalue weighted by Crippen LogP contribution is -2.66. The van der Waals surface area contributed by atoms with Crippen LogP contribution in [-0.2, 0) is 90.5 Å². The van der Waals surface area contributed by atoms with Crippen LogP contribution >= 0.6 is 0 Å². The van der Waals surface area contributed by atoms with Crippen LogP contribution < -0.4 is 0 Å². The topological polar surface area (TPSA) is 238 Å². The molecule has 0 aromatic rings. The Labute approximate surface area is 268 Å². The van der Waals surface area contributed by atoms with Crippen molar-refractivity contribution in [1.29, 1.82) is 0 Å². The molecule has 2 heterocycles. The summed E-state index contributed by atoms with van der Waals surface area (Å²) in [6, 6.07) is 0. The van der Waals surface area contributed by atoms with E-state index in [1.54, 1.807) is 0 Å². The van der Waals surface area contributed by atoms with Crippen molar-refractivity contribution >= 4 is 47.8 Å². The zero-order valence-electron chi connectivity index (χ0n) is 26.9. The molecule has 0 aromatic carbocycles. The largest absolute Gasteiger partial charge is 0.463 e. The maximum absolute atomic E-state index is 12.2. The fourth-order valence-electron chi connectivity index (χ4n) is 4.73. The van der Waals surface area contributed by atoms with E-state index in [-0.39, 0.29) is 0 Å². The number of carbonyl (C=O) groups excluding carboxylic acids is 8. The Morgan fingerprint density at radius 3 is 0.894 bits per heavy atom. The van der Waals surface area contributed by atoms with Crippen molar-refractivity contribution < 1.29 is 90.5 Å². The molecule has 2 rings (SSSR count). The van der Waals surface area contributed by atoms with Gasteiger partial charge in [0.15, 0.2) is 36.6 Å². The quantitative estimate of drug-likeness (QED) is 0.181. The third-order valence-corrected chi connectivity index (χ3v) is 6.16. The van der Waals surface area contributed by atoms with E-state index in [2.05, 4.69) is 0 Å². The molecule has 2 aliphatic rings. The predicted molar refractivity (Wildman–Crippen MR) is 145 cm³/mol. The molecule has 2 aliphatic heterocycles. The first-order valence-electron chi connectivity index (χ1n) is 14.2. The number of carbonyl (C=O) groups is 8. The molecule has 19 heteroatoms. The predicted octanol–water partition coefficient (Wildman–Crippen LogP) is -0.831. The molecule has 0 saturated carbocycles. The van der Waals surface area contributed by atoms with Crippen LogP contribution in [-0.4, -0.2) is 122 Å². The zero-order chi connectivity index (χ0) is 35.6. The van der Waals surface area contributed by atoms with Crippen molar-refractivity contribution in [2.75, 3.05) is 13.2 Å². The molecule has 19 nitrogen and oxygen atoms in total. The van der Waals surface area contributed by atoms with E-state index < -0.39 is 122 Å². The molecule has 264 valence electrons. The summed E-state index contributed by atoms with van der Waals surface area (Å²) in [4.78, 5) is 96.2. The molecule has 0 radical (unpaired) electrons. The van der Waals surface area contributed by atoms with Crippen molar-refractivity contribution in [2.45, 2.75) is 117 Å². The molecule has 0 aromatic heterocycles. The van der Waals surface area contributed by atoms with Gasteiger partial charge in [-0.15, -0.1) is 0 Å². The van der Waals surface area contributed by atoms with Crippen LogP contribution in [0.5, 0.6) is 0 Å². The van der Waals surface area contributed by atoms with Crippen molar-refractivity contribution in [1.82, 2.24) is 0 Å². The highest BCUT2D eigenvalue weighted by molar-refractivity contribution is 5.70. The minimum atomic E-state index is -1.84. The zero-order valence-corrected chi connectivity index (χ0v) is 26.9. The minimum Gasteiger partial charge on any atom is -0.463 e. The van der Waals surface area contributed by atoms with E-state index in [0.29, 0.717) is 0 Å². The minimum absolute atomic E-state index is 0.587. The Morgan fingerprint density at radius 1 is 0.383 bits per heavy atom. The second kappa shape index (κ2) is 17.5. The number of hydrogen-bond acceptors (Lipinski definition) is 19. The Balaban J connectivity index is 2.69. The van der Waals surface area contributed by atoms with Gasteiger partial charge in [0.2, 0.25) is 12.6 Å². The normalized spacial score (nSPS) is 30.0. The third kappa shape index (κ3) is 12.1. The summed E-state index contributed by atoms with van der Waals surface area (Å²) in [5, 5.41) is 0. The molecule has 10 atom stereocenters. The molecular formula is C28H38O19. The molecule has 0 amide bonds. The van der Waals surface area contributed by atoms with Crippen LogP contribution in [0.3, 0.4) is 0 Å². The van der Waals surface area contributed by atoms with E-state index in [1.807, 2.05) is 0 Å². The first-order valence-corrected chi connectivity index (χ1v) is 14.2. The van der Waals surface area contributed by atoms with Gasteiger partial charge in [0.25, 0.3) is 0 Å². The molecule has 2 saturated heterocycles. The second-order valence-corrected chi connectivity index (χ2v) is 10.3. The van der Waals surface area contributed by atoms with Crippen LogP contribution in [0.15, 0.2) is 0 Å². The summed E-state index contributed by atoms with van der Waals surface area (Å²) in [6.45, 7) is 7.10. The molecular weight excluding hydrogens is 640 g/mol. The van der Waals surface area contributed by atoms with Gasteiger partial charge < -0.3 is 52.1 Å². The Bertz CT molecular complexity index is 1110. The van der Waals surface area contributed by atoms with Crippen molar-refractivity contribution in [3.63, 3.8) is 0 Å². The van der Waals surface area contributed by atoms with Crippen LogP contribution in [0.4, 0.5) is 0 Å². The van der Waals surface area contributed by atoms with Crippen molar-refractivity contribution in [2.24, 2.45) is 0 Å². The third-order valence-electron chi connectivity index (χ3n) is 6.16. The average molecular weight is 679 g/mol. The van der Waals surface area contributed by atoms with Gasteiger partial charge in [-0.3, -0.25) is 38.4 Å². The number of ether oxygens (including phenoxy) is 11. The Hall–Kier alpha value is -4.36. The van der Waals surface area contributed by atoms with E-state index in [9.17, 15) is 38.4 Å². The lowest BCUT2D eigenvalue weighted by Gasteiger charge is -2.48. The SMILES string of the molecule is CC(=O)OCC1O[C@H](O[C@H]2O[C@H](COC(C)=O)[C@@H](OC(C)=O)C(OC(C)=O)C2OC(C)=O)C(OC(C)=O)[C@@H](OC(C)=O)[C@@H]1OC(C)=O. The monoisotopic (exact) mass is 678 g/mol. The standard InChI is InChI=1S/C28H38O19/c1-11(29)37-9-19-21(39-13(3)31)23(41-15(5)33)25(43-17(7)35)27(45-19)47-28-26(44-18(8)36)24(42-16(6)34)22(40-14(4)32)20(46-28)10-38-12(2)30/h19-28H,9-10H2,1-8H3/t19-,20?,21-,22-,23?,24+,25?,26?,27-,28-/m1/s1. The highest BCUT2D eigenvalue weighted by Gasteiger charge is 2.57.